The maximum Gasteiger partial charge on any atom is 0.407 e. The van der Waals surface area contributed by atoms with Crippen LogP contribution in [0.4, 0.5) is 4.79 Å². The summed E-state index contributed by atoms with van der Waals surface area (Å²) in [6.07, 6.45) is 8.31. The summed E-state index contributed by atoms with van der Waals surface area (Å²) in [5, 5.41) is 10.4. The van der Waals surface area contributed by atoms with Gasteiger partial charge in [-0.3, -0.25) is 9.69 Å². The summed E-state index contributed by atoms with van der Waals surface area (Å²) in [6.45, 7) is 4.85. The first-order chi connectivity index (χ1) is 15.1. The highest BCUT2D eigenvalue weighted by Crippen LogP contribution is 2.26. The Bertz CT molecular complexity index is 957. The number of nitrogens with zero attached hydrogens (tertiary/aromatic N) is 4. The number of fused-ring (bicyclic) bond motifs is 1. The summed E-state index contributed by atoms with van der Waals surface area (Å²) in [5.41, 5.74) is 1.80. The number of likely N-dealkylation sites (tertiary alicyclic amines) is 1. The van der Waals surface area contributed by atoms with Crippen molar-refractivity contribution in [2.24, 2.45) is 0 Å². The zero-order chi connectivity index (χ0) is 21.4. The van der Waals surface area contributed by atoms with Crippen molar-refractivity contribution in [1.29, 1.82) is 0 Å². The van der Waals surface area contributed by atoms with Crippen LogP contribution >= 0.6 is 0 Å². The minimum absolute atomic E-state index is 0.0190. The fourth-order valence-electron chi connectivity index (χ4n) is 5.74. The third kappa shape index (κ3) is 4.03. The first-order valence-corrected chi connectivity index (χ1v) is 11.7. The van der Waals surface area contributed by atoms with Gasteiger partial charge in [0, 0.05) is 68.0 Å². The molecule has 1 aromatic carbocycles. The SMILES string of the molecule is O=C(c1ccc2c(ccn2C[C@H]2CCCN2C(=O)O)c1)N1CCN(C2CCCC2)CC1. The number of benzene rings is 1. The van der Waals surface area contributed by atoms with Crippen molar-refractivity contribution in [1.82, 2.24) is 19.3 Å². The van der Waals surface area contributed by atoms with E-state index in [4.69, 9.17) is 0 Å². The van der Waals surface area contributed by atoms with Gasteiger partial charge in [0.15, 0.2) is 0 Å². The highest BCUT2D eigenvalue weighted by molar-refractivity contribution is 5.98. The van der Waals surface area contributed by atoms with Crippen molar-refractivity contribution in [2.45, 2.75) is 57.2 Å². The number of hydrogen-bond acceptors (Lipinski definition) is 3. The predicted molar refractivity (Wildman–Crippen MR) is 119 cm³/mol. The summed E-state index contributed by atoms with van der Waals surface area (Å²) in [6, 6.07) is 8.70. The molecule has 1 saturated carbocycles. The van der Waals surface area contributed by atoms with Crippen LogP contribution in [0.1, 0.15) is 48.9 Å². The van der Waals surface area contributed by atoms with E-state index in [0.29, 0.717) is 13.1 Å². The molecule has 0 spiro atoms. The van der Waals surface area contributed by atoms with E-state index in [2.05, 4.69) is 9.47 Å². The van der Waals surface area contributed by atoms with Gasteiger partial charge in [0.05, 0.1) is 6.04 Å². The van der Waals surface area contributed by atoms with E-state index in [-0.39, 0.29) is 11.9 Å². The first kappa shape index (κ1) is 20.4. The van der Waals surface area contributed by atoms with Crippen LogP contribution < -0.4 is 0 Å². The average molecular weight is 425 g/mol. The second-order valence-electron chi connectivity index (χ2n) is 9.28. The standard InChI is InChI=1S/C24H32N4O3/c29-23(26-14-12-25(13-15-26)20-4-1-2-5-20)19-7-8-22-18(16-19)9-11-27(22)17-21-6-3-10-28(21)24(30)31/h7-9,11,16,20-21H,1-6,10,12-15,17H2,(H,30,31)/t21-/m1/s1. The average Bonchev–Trinajstić information content (AvgIpc) is 3.55. The Morgan fingerprint density at radius 1 is 0.935 bits per heavy atom. The number of hydrogen-bond donors (Lipinski definition) is 1. The molecule has 0 radical (unpaired) electrons. The minimum atomic E-state index is -0.833. The molecule has 1 aromatic heterocycles. The number of piperazine rings is 1. The van der Waals surface area contributed by atoms with Gasteiger partial charge in [-0.05, 0) is 49.9 Å². The van der Waals surface area contributed by atoms with Gasteiger partial charge >= 0.3 is 6.09 Å². The molecular formula is C24H32N4O3. The lowest BCUT2D eigenvalue weighted by atomic mass is 10.1. The molecule has 2 aliphatic heterocycles. The maximum atomic E-state index is 13.1. The zero-order valence-corrected chi connectivity index (χ0v) is 18.1. The molecular weight excluding hydrogens is 392 g/mol. The van der Waals surface area contributed by atoms with Gasteiger partial charge < -0.3 is 19.5 Å². The monoisotopic (exact) mass is 424 g/mol. The van der Waals surface area contributed by atoms with Crippen LogP contribution in [0.3, 0.4) is 0 Å². The summed E-state index contributed by atoms with van der Waals surface area (Å²) in [7, 11) is 0. The Labute approximate surface area is 183 Å². The van der Waals surface area contributed by atoms with Crippen molar-refractivity contribution >= 4 is 22.9 Å². The first-order valence-electron chi connectivity index (χ1n) is 11.7. The molecule has 2 saturated heterocycles. The van der Waals surface area contributed by atoms with E-state index in [1.165, 1.54) is 25.7 Å². The molecule has 1 N–H and O–H groups in total. The summed E-state index contributed by atoms with van der Waals surface area (Å²) in [4.78, 5) is 30.7. The fraction of sp³-hybridized carbons (Fsp3) is 0.583. The van der Waals surface area contributed by atoms with Crippen molar-refractivity contribution in [2.75, 3.05) is 32.7 Å². The van der Waals surface area contributed by atoms with Gasteiger partial charge in [-0.15, -0.1) is 0 Å². The number of rotatable bonds is 4. The van der Waals surface area contributed by atoms with Crippen LogP contribution in [0.2, 0.25) is 0 Å². The lowest BCUT2D eigenvalue weighted by Crippen LogP contribution is -2.51. The van der Waals surface area contributed by atoms with Gasteiger partial charge in [0.2, 0.25) is 0 Å². The number of amides is 2. The highest BCUT2D eigenvalue weighted by atomic mass is 16.4. The van der Waals surface area contributed by atoms with Crippen LogP contribution in [0, 0.1) is 0 Å². The lowest BCUT2D eigenvalue weighted by Gasteiger charge is -2.38. The van der Waals surface area contributed by atoms with Gasteiger partial charge in [-0.25, -0.2) is 4.79 Å². The normalized spacial score (nSPS) is 23.2. The minimum Gasteiger partial charge on any atom is -0.465 e. The topological polar surface area (TPSA) is 69.0 Å². The molecule has 2 aromatic rings. The maximum absolute atomic E-state index is 13.1. The predicted octanol–water partition coefficient (Wildman–Crippen LogP) is 3.48. The molecule has 7 heteroatoms. The molecule has 3 fully saturated rings. The zero-order valence-electron chi connectivity index (χ0n) is 18.1. The number of carbonyl (C=O) groups excluding carboxylic acids is 1. The van der Waals surface area contributed by atoms with E-state index in [1.807, 2.05) is 35.4 Å². The fourth-order valence-corrected chi connectivity index (χ4v) is 5.74. The largest absolute Gasteiger partial charge is 0.465 e. The molecule has 1 atom stereocenters. The van der Waals surface area contributed by atoms with Gasteiger partial charge in [0.1, 0.15) is 0 Å². The van der Waals surface area contributed by atoms with E-state index in [9.17, 15) is 14.7 Å². The van der Waals surface area contributed by atoms with E-state index >= 15 is 0 Å². The third-order valence-corrected chi connectivity index (χ3v) is 7.49. The second-order valence-corrected chi connectivity index (χ2v) is 9.28. The van der Waals surface area contributed by atoms with E-state index in [0.717, 1.165) is 61.5 Å². The van der Waals surface area contributed by atoms with E-state index in [1.54, 1.807) is 4.90 Å². The molecule has 166 valence electrons. The quantitative estimate of drug-likeness (QED) is 0.816. The molecule has 3 aliphatic rings. The molecule has 2 amide bonds. The number of carboxylic acid groups (broad SMARTS) is 1. The Kier molecular flexibility index (Phi) is 5.61. The Balaban J connectivity index is 1.25. The van der Waals surface area contributed by atoms with Gasteiger partial charge in [-0.2, -0.15) is 0 Å². The summed E-state index contributed by atoms with van der Waals surface area (Å²) >= 11 is 0. The Hall–Kier alpha value is -2.54. The van der Waals surface area contributed by atoms with Crippen molar-refractivity contribution in [3.8, 4) is 0 Å². The molecule has 7 nitrogen and oxygen atoms in total. The summed E-state index contributed by atoms with van der Waals surface area (Å²) in [5.74, 6) is 0.119. The molecule has 3 heterocycles. The molecule has 0 bridgehead atoms. The van der Waals surface area contributed by atoms with E-state index < -0.39 is 6.09 Å². The van der Waals surface area contributed by atoms with Crippen molar-refractivity contribution < 1.29 is 14.7 Å². The molecule has 31 heavy (non-hydrogen) atoms. The number of carbonyl (C=O) groups is 2. The third-order valence-electron chi connectivity index (χ3n) is 7.49. The molecule has 1 aliphatic carbocycles. The van der Waals surface area contributed by atoms with Crippen LogP contribution in [-0.4, -0.2) is 81.2 Å². The van der Waals surface area contributed by atoms with Crippen molar-refractivity contribution in [3.63, 3.8) is 0 Å². The highest BCUT2D eigenvalue weighted by Gasteiger charge is 2.30. The Morgan fingerprint density at radius 2 is 1.71 bits per heavy atom. The second kappa shape index (κ2) is 8.54. The smallest absolute Gasteiger partial charge is 0.407 e. The molecule has 0 unspecified atom stereocenters. The van der Waals surface area contributed by atoms with Crippen LogP contribution in [-0.2, 0) is 6.54 Å². The van der Waals surface area contributed by atoms with Gasteiger partial charge in [0.25, 0.3) is 5.91 Å². The number of aromatic nitrogens is 1. The summed E-state index contributed by atoms with van der Waals surface area (Å²) < 4.78 is 2.12. The Morgan fingerprint density at radius 3 is 2.45 bits per heavy atom. The van der Waals surface area contributed by atoms with Crippen molar-refractivity contribution in [3.05, 3.63) is 36.0 Å². The molecule has 5 rings (SSSR count). The van der Waals surface area contributed by atoms with Gasteiger partial charge in [-0.1, -0.05) is 12.8 Å². The van der Waals surface area contributed by atoms with Crippen LogP contribution in [0.5, 0.6) is 0 Å². The van der Waals surface area contributed by atoms with Crippen LogP contribution in [0.15, 0.2) is 30.5 Å². The lowest BCUT2D eigenvalue weighted by molar-refractivity contribution is 0.0573. The van der Waals surface area contributed by atoms with Crippen LogP contribution in [0.25, 0.3) is 10.9 Å².